The predicted octanol–water partition coefficient (Wildman–Crippen LogP) is 4.98. The third-order valence-corrected chi connectivity index (χ3v) is 4.55. The molecule has 1 aromatic carbocycles. The molecule has 106 valence electrons. The maximum absolute atomic E-state index is 12.1. The molecule has 1 heterocycles. The van der Waals surface area contributed by atoms with Crippen molar-refractivity contribution >= 4 is 33.3 Å². The minimum atomic E-state index is -0.504. The van der Waals surface area contributed by atoms with Gasteiger partial charge in [0.05, 0.1) is 5.38 Å². The molecule has 2 aromatic rings. The topological polar surface area (TPSA) is 22.0 Å². The first kappa shape index (κ1) is 15.3. The first-order chi connectivity index (χ1) is 9.32. The van der Waals surface area contributed by atoms with Crippen molar-refractivity contribution in [2.75, 3.05) is 0 Å². The van der Waals surface area contributed by atoms with Crippen molar-refractivity contribution in [2.45, 2.75) is 33.1 Å². The molecule has 0 radical (unpaired) electrons. The molecular formula is C16H17BrClNO. The summed E-state index contributed by atoms with van der Waals surface area (Å²) in [6, 6.07) is 8.07. The Morgan fingerprint density at radius 3 is 2.45 bits per heavy atom. The van der Waals surface area contributed by atoms with Gasteiger partial charge in [0.25, 0.3) is 0 Å². The van der Waals surface area contributed by atoms with Gasteiger partial charge in [0, 0.05) is 27.1 Å². The molecule has 0 amide bonds. The van der Waals surface area contributed by atoms with E-state index >= 15 is 0 Å². The molecule has 1 atom stereocenters. The van der Waals surface area contributed by atoms with Crippen molar-refractivity contribution in [1.29, 1.82) is 0 Å². The van der Waals surface area contributed by atoms with E-state index in [1.54, 1.807) is 6.92 Å². The zero-order valence-electron chi connectivity index (χ0n) is 12.0. The number of hydrogen-bond acceptors (Lipinski definition) is 1. The van der Waals surface area contributed by atoms with Crippen LogP contribution in [0.2, 0.25) is 0 Å². The van der Waals surface area contributed by atoms with E-state index in [1.807, 2.05) is 32.0 Å². The van der Waals surface area contributed by atoms with Crippen LogP contribution in [0.25, 0.3) is 5.69 Å². The molecule has 0 saturated carbocycles. The van der Waals surface area contributed by atoms with Crippen molar-refractivity contribution in [1.82, 2.24) is 4.57 Å². The lowest BCUT2D eigenvalue weighted by Crippen LogP contribution is -2.11. The number of hydrogen-bond donors (Lipinski definition) is 0. The Morgan fingerprint density at radius 2 is 1.90 bits per heavy atom. The van der Waals surface area contributed by atoms with Crippen molar-refractivity contribution in [3.05, 3.63) is 51.3 Å². The van der Waals surface area contributed by atoms with Gasteiger partial charge in [-0.1, -0.05) is 15.9 Å². The molecule has 2 rings (SSSR count). The fraction of sp³-hybridized carbons (Fsp3) is 0.312. The van der Waals surface area contributed by atoms with Gasteiger partial charge in [0.1, 0.15) is 0 Å². The lowest BCUT2D eigenvalue weighted by atomic mass is 10.1. The standard InChI is InChI=1S/C16H17BrClNO/c1-9-7-13(5-6-15(9)17)19-10(2)8-14(12(19)4)16(20)11(3)18/h5-8,11H,1-4H3. The molecule has 1 aromatic heterocycles. The molecule has 20 heavy (non-hydrogen) atoms. The van der Waals surface area contributed by atoms with Crippen LogP contribution in [0.1, 0.15) is 34.2 Å². The minimum absolute atomic E-state index is 0.0279. The third-order valence-electron chi connectivity index (χ3n) is 3.46. The fourth-order valence-electron chi connectivity index (χ4n) is 2.39. The van der Waals surface area contributed by atoms with Crippen molar-refractivity contribution < 1.29 is 4.79 Å². The summed E-state index contributed by atoms with van der Waals surface area (Å²) in [5.74, 6) is -0.0279. The SMILES string of the molecule is Cc1cc(-n2c(C)cc(C(=O)C(C)Cl)c2C)ccc1Br. The van der Waals surface area contributed by atoms with Crippen LogP contribution in [0.5, 0.6) is 0 Å². The van der Waals surface area contributed by atoms with Crippen LogP contribution >= 0.6 is 27.5 Å². The van der Waals surface area contributed by atoms with Crippen LogP contribution in [0, 0.1) is 20.8 Å². The van der Waals surface area contributed by atoms with E-state index in [0.717, 1.165) is 27.1 Å². The molecule has 0 bridgehead atoms. The molecule has 0 spiro atoms. The highest BCUT2D eigenvalue weighted by Crippen LogP contribution is 2.25. The number of Topliss-reactive ketones (excluding diaryl/α,β-unsaturated/α-hetero) is 1. The zero-order chi connectivity index (χ0) is 15.0. The molecule has 4 heteroatoms. The molecule has 0 aliphatic carbocycles. The number of aromatic nitrogens is 1. The number of carbonyl (C=O) groups excluding carboxylic acids is 1. The molecule has 0 N–H and O–H groups in total. The summed E-state index contributed by atoms with van der Waals surface area (Å²) in [6.45, 7) is 7.71. The minimum Gasteiger partial charge on any atom is -0.318 e. The van der Waals surface area contributed by atoms with Crippen molar-refractivity contribution in [3.63, 3.8) is 0 Å². The molecule has 1 unspecified atom stereocenters. The summed E-state index contributed by atoms with van der Waals surface area (Å²) in [6.07, 6.45) is 0. The molecule has 0 fully saturated rings. The van der Waals surface area contributed by atoms with Crippen LogP contribution in [0.4, 0.5) is 0 Å². The van der Waals surface area contributed by atoms with Gasteiger partial charge < -0.3 is 4.57 Å². The van der Waals surface area contributed by atoms with E-state index < -0.39 is 5.38 Å². The Morgan fingerprint density at radius 1 is 1.25 bits per heavy atom. The lowest BCUT2D eigenvalue weighted by Gasteiger charge is -2.11. The maximum atomic E-state index is 12.1. The second kappa shape index (κ2) is 5.74. The van der Waals surface area contributed by atoms with Crippen LogP contribution in [-0.2, 0) is 0 Å². The number of benzene rings is 1. The van der Waals surface area contributed by atoms with Gasteiger partial charge in [-0.2, -0.15) is 0 Å². The number of aryl methyl sites for hydroxylation is 2. The summed E-state index contributed by atoms with van der Waals surface area (Å²) in [4.78, 5) is 12.1. The van der Waals surface area contributed by atoms with E-state index in [2.05, 4.69) is 33.5 Å². The number of carbonyl (C=O) groups is 1. The lowest BCUT2D eigenvalue weighted by molar-refractivity contribution is 0.0991. The van der Waals surface area contributed by atoms with Crippen molar-refractivity contribution in [2.24, 2.45) is 0 Å². The highest BCUT2D eigenvalue weighted by molar-refractivity contribution is 9.10. The Hall–Kier alpha value is -1.06. The van der Waals surface area contributed by atoms with Gasteiger partial charge >= 0.3 is 0 Å². The molecular weight excluding hydrogens is 338 g/mol. The summed E-state index contributed by atoms with van der Waals surface area (Å²) < 4.78 is 3.17. The van der Waals surface area contributed by atoms with Crippen LogP contribution in [0.15, 0.2) is 28.7 Å². The summed E-state index contributed by atoms with van der Waals surface area (Å²) in [7, 11) is 0. The second-order valence-corrected chi connectivity index (χ2v) is 6.54. The van der Waals surface area contributed by atoms with Crippen molar-refractivity contribution in [3.8, 4) is 5.69 Å². The summed E-state index contributed by atoms with van der Waals surface area (Å²) in [5.41, 5.74) is 4.88. The Labute approximate surface area is 132 Å². The number of nitrogens with zero attached hydrogens (tertiary/aromatic N) is 1. The quantitative estimate of drug-likeness (QED) is 0.563. The maximum Gasteiger partial charge on any atom is 0.182 e. The number of halogens is 2. The molecule has 2 nitrogen and oxygen atoms in total. The van der Waals surface area contributed by atoms with Crippen LogP contribution in [0.3, 0.4) is 0 Å². The van der Waals surface area contributed by atoms with Gasteiger partial charge in [-0.05, 0) is 57.5 Å². The Balaban J connectivity index is 2.58. The molecule has 0 aliphatic rings. The van der Waals surface area contributed by atoms with E-state index in [1.165, 1.54) is 0 Å². The van der Waals surface area contributed by atoms with Gasteiger partial charge in [-0.3, -0.25) is 4.79 Å². The first-order valence-corrected chi connectivity index (χ1v) is 7.69. The van der Waals surface area contributed by atoms with E-state index in [-0.39, 0.29) is 5.78 Å². The first-order valence-electron chi connectivity index (χ1n) is 6.46. The van der Waals surface area contributed by atoms with E-state index in [9.17, 15) is 4.79 Å². The molecule has 0 saturated heterocycles. The molecule has 0 aliphatic heterocycles. The normalized spacial score (nSPS) is 12.5. The largest absolute Gasteiger partial charge is 0.318 e. The monoisotopic (exact) mass is 353 g/mol. The Bertz CT molecular complexity index is 673. The summed E-state index contributed by atoms with van der Waals surface area (Å²) >= 11 is 9.43. The van der Waals surface area contributed by atoms with Gasteiger partial charge in [0.2, 0.25) is 0 Å². The second-order valence-electron chi connectivity index (χ2n) is 5.03. The highest BCUT2D eigenvalue weighted by Gasteiger charge is 2.20. The Kier molecular flexibility index (Phi) is 4.40. The number of ketones is 1. The average molecular weight is 355 g/mol. The zero-order valence-corrected chi connectivity index (χ0v) is 14.3. The van der Waals surface area contributed by atoms with Gasteiger partial charge in [-0.15, -0.1) is 11.6 Å². The van der Waals surface area contributed by atoms with Crippen LogP contribution in [-0.4, -0.2) is 15.7 Å². The smallest absolute Gasteiger partial charge is 0.182 e. The fourth-order valence-corrected chi connectivity index (χ4v) is 2.76. The average Bonchev–Trinajstić information content (AvgIpc) is 2.67. The van der Waals surface area contributed by atoms with Gasteiger partial charge in [0.15, 0.2) is 5.78 Å². The van der Waals surface area contributed by atoms with E-state index in [4.69, 9.17) is 11.6 Å². The third kappa shape index (κ3) is 2.70. The highest BCUT2D eigenvalue weighted by atomic mass is 79.9. The van der Waals surface area contributed by atoms with Gasteiger partial charge in [-0.25, -0.2) is 0 Å². The summed E-state index contributed by atoms with van der Waals surface area (Å²) in [5, 5.41) is -0.504. The van der Waals surface area contributed by atoms with E-state index in [0.29, 0.717) is 5.56 Å². The predicted molar refractivity (Wildman–Crippen MR) is 87.3 cm³/mol. The number of rotatable bonds is 3. The number of alkyl halides is 1. The van der Waals surface area contributed by atoms with Crippen LogP contribution < -0.4 is 0 Å².